The highest BCUT2D eigenvalue weighted by molar-refractivity contribution is 5.87. The van der Waals surface area contributed by atoms with Crippen molar-refractivity contribution in [3.8, 4) is 0 Å². The van der Waals surface area contributed by atoms with E-state index in [4.69, 9.17) is 4.74 Å². The highest BCUT2D eigenvalue weighted by atomic mass is 16.5. The number of Topliss-reactive ketones (excluding diaryl/α,β-unsaturated/α-hetero) is 1. The van der Waals surface area contributed by atoms with Crippen LogP contribution in [0.25, 0.3) is 10.9 Å². The fraction of sp³-hybridized carbons (Fsp3) is 0.567. The minimum atomic E-state index is -0.714. The fourth-order valence-electron chi connectivity index (χ4n) is 5.00. The van der Waals surface area contributed by atoms with Crippen LogP contribution in [0.3, 0.4) is 0 Å². The summed E-state index contributed by atoms with van der Waals surface area (Å²) in [5, 5.41) is 11.8. The molecular formula is C30H41NO4. The van der Waals surface area contributed by atoms with Crippen LogP contribution in [0.4, 0.5) is 0 Å². The maximum Gasteiger partial charge on any atom is 0.306 e. The molecule has 0 aliphatic carbocycles. The first-order valence-electron chi connectivity index (χ1n) is 12.9. The molecule has 0 radical (unpaired) electrons. The fourth-order valence-corrected chi connectivity index (χ4v) is 5.00. The van der Waals surface area contributed by atoms with Gasteiger partial charge in [0.05, 0.1) is 11.6 Å². The number of esters is 1. The van der Waals surface area contributed by atoms with Gasteiger partial charge in [-0.1, -0.05) is 51.5 Å². The largest absolute Gasteiger partial charge is 0.457 e. The summed E-state index contributed by atoms with van der Waals surface area (Å²) in [6.45, 7) is 11.6. The highest BCUT2D eigenvalue weighted by Gasteiger charge is 2.36. The second-order valence-corrected chi connectivity index (χ2v) is 11.1. The van der Waals surface area contributed by atoms with Crippen molar-refractivity contribution in [3.05, 3.63) is 53.2 Å². The summed E-state index contributed by atoms with van der Waals surface area (Å²) in [4.78, 5) is 30.7. The zero-order valence-corrected chi connectivity index (χ0v) is 22.1. The van der Waals surface area contributed by atoms with E-state index in [-0.39, 0.29) is 24.1 Å². The van der Waals surface area contributed by atoms with E-state index in [1.807, 2.05) is 58.9 Å². The number of hydrogen-bond acceptors (Lipinski definition) is 5. The van der Waals surface area contributed by atoms with Crippen molar-refractivity contribution in [1.29, 1.82) is 0 Å². The average molecular weight is 480 g/mol. The second kappa shape index (κ2) is 11.5. The molecule has 0 amide bonds. The molecule has 0 saturated heterocycles. The normalized spacial score (nSPS) is 28.8. The molecule has 4 atom stereocenters. The molecule has 190 valence electrons. The molecule has 0 fully saturated rings. The van der Waals surface area contributed by atoms with Crippen molar-refractivity contribution in [2.24, 2.45) is 17.3 Å². The van der Waals surface area contributed by atoms with Crippen molar-refractivity contribution in [2.75, 3.05) is 0 Å². The molecule has 5 nitrogen and oxygen atoms in total. The molecule has 2 unspecified atom stereocenters. The number of pyridine rings is 1. The van der Waals surface area contributed by atoms with Crippen molar-refractivity contribution in [2.45, 2.75) is 92.3 Å². The number of cyclic esters (lactones) is 1. The van der Waals surface area contributed by atoms with Crippen molar-refractivity contribution in [1.82, 2.24) is 4.98 Å². The number of aliphatic hydroxyl groups excluding tert-OH is 1. The van der Waals surface area contributed by atoms with E-state index in [0.29, 0.717) is 12.8 Å². The number of rotatable bonds is 1. The molecule has 35 heavy (non-hydrogen) atoms. The number of ketones is 1. The van der Waals surface area contributed by atoms with Gasteiger partial charge < -0.3 is 9.84 Å². The van der Waals surface area contributed by atoms with Crippen LogP contribution in [0.15, 0.2) is 42.0 Å². The van der Waals surface area contributed by atoms with Crippen LogP contribution in [0.1, 0.15) is 90.5 Å². The third-order valence-corrected chi connectivity index (χ3v) is 7.54. The molecule has 1 aromatic heterocycles. The van der Waals surface area contributed by atoms with Gasteiger partial charge in [0.2, 0.25) is 0 Å². The van der Waals surface area contributed by atoms with Gasteiger partial charge in [0.1, 0.15) is 11.9 Å². The van der Waals surface area contributed by atoms with E-state index in [1.54, 1.807) is 0 Å². The van der Waals surface area contributed by atoms with Gasteiger partial charge in [-0.25, -0.2) is 0 Å². The summed E-state index contributed by atoms with van der Waals surface area (Å²) in [5.41, 5.74) is 3.36. The maximum atomic E-state index is 13.2. The molecule has 0 bridgehead atoms. The number of aliphatic hydroxyl groups is 1. The zero-order chi connectivity index (χ0) is 25.8. The molecule has 1 aliphatic heterocycles. The first kappa shape index (κ1) is 27.1. The number of aromatic nitrogens is 1. The SMILES string of the molecule is C/C1=C/CC(c2ccc3nc(C)ccc3c2)OC(=O)CCC(C)(C)C(=O)[C@H](C)C(O)[C@@H](C)CCC1. The summed E-state index contributed by atoms with van der Waals surface area (Å²) in [6.07, 6.45) is 4.95. The molecule has 2 heterocycles. The van der Waals surface area contributed by atoms with Crippen LogP contribution in [0.5, 0.6) is 0 Å². The number of aryl methyl sites for hydroxylation is 1. The van der Waals surface area contributed by atoms with Gasteiger partial charge in [-0.2, -0.15) is 0 Å². The number of allylic oxidation sites excluding steroid dienone is 1. The third-order valence-electron chi connectivity index (χ3n) is 7.54. The lowest BCUT2D eigenvalue weighted by Gasteiger charge is -2.31. The van der Waals surface area contributed by atoms with Crippen LogP contribution >= 0.6 is 0 Å². The predicted octanol–water partition coefficient (Wildman–Crippen LogP) is 6.66. The van der Waals surface area contributed by atoms with Gasteiger partial charge >= 0.3 is 5.97 Å². The molecule has 5 heteroatoms. The summed E-state index contributed by atoms with van der Waals surface area (Å²) in [7, 11) is 0. The summed E-state index contributed by atoms with van der Waals surface area (Å²) in [6, 6.07) is 10.1. The Labute approximate surface area is 210 Å². The number of carbonyl (C=O) groups is 2. The molecule has 0 spiro atoms. The van der Waals surface area contributed by atoms with Gasteiger partial charge in [0, 0.05) is 35.3 Å². The van der Waals surface area contributed by atoms with Gasteiger partial charge in [-0.3, -0.25) is 14.6 Å². The Kier molecular flexibility index (Phi) is 8.87. The first-order valence-corrected chi connectivity index (χ1v) is 12.9. The third kappa shape index (κ3) is 7.00. The summed E-state index contributed by atoms with van der Waals surface area (Å²) >= 11 is 0. The second-order valence-electron chi connectivity index (χ2n) is 11.1. The van der Waals surface area contributed by atoms with Crippen LogP contribution < -0.4 is 0 Å². The zero-order valence-electron chi connectivity index (χ0n) is 22.1. The van der Waals surface area contributed by atoms with Gasteiger partial charge in [-0.15, -0.1) is 0 Å². The summed E-state index contributed by atoms with van der Waals surface area (Å²) in [5.74, 6) is -0.736. The Morgan fingerprint density at radius 1 is 1.06 bits per heavy atom. The minimum Gasteiger partial charge on any atom is -0.457 e. The number of carbonyl (C=O) groups excluding carboxylic acids is 2. The predicted molar refractivity (Wildman–Crippen MR) is 140 cm³/mol. The lowest BCUT2D eigenvalue weighted by molar-refractivity contribution is -0.150. The molecule has 3 rings (SSSR count). The molecule has 1 aliphatic rings. The number of fused-ring (bicyclic) bond motifs is 1. The van der Waals surface area contributed by atoms with E-state index in [0.717, 1.165) is 41.4 Å². The van der Waals surface area contributed by atoms with E-state index in [9.17, 15) is 14.7 Å². The average Bonchev–Trinajstić information content (AvgIpc) is 2.82. The quantitative estimate of drug-likeness (QED) is 0.366. The first-order chi connectivity index (χ1) is 16.5. The monoisotopic (exact) mass is 479 g/mol. The van der Waals surface area contributed by atoms with E-state index >= 15 is 0 Å². The number of nitrogens with zero attached hydrogens (tertiary/aromatic N) is 1. The number of hydrogen-bond donors (Lipinski definition) is 1. The van der Waals surface area contributed by atoms with Crippen LogP contribution in [0, 0.1) is 24.2 Å². The number of benzene rings is 1. The Hall–Kier alpha value is -2.53. The van der Waals surface area contributed by atoms with Crippen molar-refractivity contribution < 1.29 is 19.4 Å². The number of ether oxygens (including phenoxy) is 1. The lowest BCUT2D eigenvalue weighted by atomic mass is 9.74. The van der Waals surface area contributed by atoms with E-state index in [2.05, 4.69) is 24.1 Å². The van der Waals surface area contributed by atoms with E-state index in [1.165, 1.54) is 5.57 Å². The van der Waals surface area contributed by atoms with Crippen LogP contribution in [-0.4, -0.2) is 27.9 Å². The minimum absolute atomic E-state index is 0.00157. The van der Waals surface area contributed by atoms with E-state index < -0.39 is 23.5 Å². The van der Waals surface area contributed by atoms with Gasteiger partial charge in [-0.05, 0) is 69.2 Å². The van der Waals surface area contributed by atoms with Crippen molar-refractivity contribution >= 4 is 22.7 Å². The molecular weight excluding hydrogens is 438 g/mol. The van der Waals surface area contributed by atoms with Crippen molar-refractivity contribution in [3.63, 3.8) is 0 Å². The maximum absolute atomic E-state index is 13.2. The molecule has 1 aromatic carbocycles. The molecule has 0 saturated carbocycles. The Bertz CT molecular complexity index is 1090. The Morgan fingerprint density at radius 2 is 1.80 bits per heavy atom. The van der Waals surface area contributed by atoms with Crippen LogP contribution in [-0.2, 0) is 14.3 Å². The lowest BCUT2D eigenvalue weighted by Crippen LogP contribution is -2.39. The molecule has 1 N–H and O–H groups in total. The van der Waals surface area contributed by atoms with Crippen LogP contribution in [0.2, 0.25) is 0 Å². The van der Waals surface area contributed by atoms with Gasteiger partial charge in [0.15, 0.2) is 0 Å². The molecule has 2 aromatic rings. The Balaban J connectivity index is 1.88. The highest BCUT2D eigenvalue weighted by Crippen LogP contribution is 2.33. The topological polar surface area (TPSA) is 76.5 Å². The smallest absolute Gasteiger partial charge is 0.306 e. The van der Waals surface area contributed by atoms with Gasteiger partial charge in [0.25, 0.3) is 0 Å². The summed E-state index contributed by atoms with van der Waals surface area (Å²) < 4.78 is 5.99. The Morgan fingerprint density at radius 3 is 2.54 bits per heavy atom. The standard InChI is InChI=1S/C30H41NO4/c1-19-8-7-9-20(2)28(33)22(4)29(34)30(5,6)17-16-27(32)35-26(15-10-19)24-13-14-25-23(18-24)12-11-21(3)31-25/h10-14,18,20,22,26,28,33H,7-9,15-17H2,1-6H3/b19-10-/t20-,22+,26?,28?/m0/s1.